The van der Waals surface area contributed by atoms with Crippen molar-refractivity contribution in [2.24, 2.45) is 0 Å². The van der Waals surface area contributed by atoms with Crippen molar-refractivity contribution in [3.05, 3.63) is 87.9 Å². The molecule has 3 aromatic carbocycles. The van der Waals surface area contributed by atoms with Crippen LogP contribution in [0.5, 0.6) is 5.75 Å². The summed E-state index contributed by atoms with van der Waals surface area (Å²) < 4.78 is 34.2. The molecular weight excluding hydrogens is 460 g/mol. The van der Waals surface area contributed by atoms with Gasteiger partial charge in [-0.25, -0.2) is 8.42 Å². The number of ether oxygens (including phenoxy) is 1. The van der Waals surface area contributed by atoms with Crippen LogP contribution in [0.3, 0.4) is 0 Å². The Bertz CT molecular complexity index is 1240. The zero-order chi connectivity index (χ0) is 24.0. The Morgan fingerprint density at radius 1 is 1.00 bits per heavy atom. The Hall–Kier alpha value is -3.03. The van der Waals surface area contributed by atoms with E-state index in [0.29, 0.717) is 5.69 Å². The minimum Gasteiger partial charge on any atom is -0.492 e. The third kappa shape index (κ3) is 6.49. The maximum absolute atomic E-state index is 13.0. The van der Waals surface area contributed by atoms with Gasteiger partial charge in [-0.3, -0.25) is 9.52 Å². The van der Waals surface area contributed by atoms with Gasteiger partial charge in [0.2, 0.25) is 0 Å². The van der Waals surface area contributed by atoms with Gasteiger partial charge in [0.05, 0.1) is 17.3 Å². The van der Waals surface area contributed by atoms with E-state index < -0.39 is 15.9 Å². The van der Waals surface area contributed by atoms with Crippen LogP contribution in [0.15, 0.2) is 65.6 Å². The fourth-order valence-corrected chi connectivity index (χ4v) is 4.80. The zero-order valence-corrected chi connectivity index (χ0v) is 20.4. The van der Waals surface area contributed by atoms with Crippen LogP contribution in [-0.2, 0) is 16.4 Å². The van der Waals surface area contributed by atoms with Gasteiger partial charge in [0.1, 0.15) is 17.3 Å². The number of anilines is 1. The van der Waals surface area contributed by atoms with Gasteiger partial charge >= 0.3 is 0 Å². The van der Waals surface area contributed by atoms with Gasteiger partial charge in [-0.2, -0.15) is 0 Å². The maximum atomic E-state index is 13.0. The quantitative estimate of drug-likeness (QED) is 0.411. The molecule has 1 amide bonds. The molecule has 0 spiro atoms. The molecule has 2 N–H and O–H groups in total. The smallest absolute Gasteiger partial charge is 0.263 e. The molecule has 0 heterocycles. The van der Waals surface area contributed by atoms with E-state index in [1.165, 1.54) is 23.8 Å². The largest absolute Gasteiger partial charge is 0.492 e. The number of aryl methyl sites for hydroxylation is 3. The van der Waals surface area contributed by atoms with Crippen molar-refractivity contribution in [1.29, 1.82) is 0 Å². The van der Waals surface area contributed by atoms with E-state index in [1.54, 1.807) is 6.07 Å². The van der Waals surface area contributed by atoms with Crippen LogP contribution in [0, 0.1) is 13.8 Å². The first-order chi connectivity index (χ1) is 15.7. The number of halogens is 1. The SMILES string of the molecule is CCc1ccc(OCCNC(=O)c2ccc(Cl)c(S(=O)(=O)Nc3cc(C)ccc3C)c2)cc1. The van der Waals surface area contributed by atoms with Crippen molar-refractivity contribution in [3.8, 4) is 5.75 Å². The predicted octanol–water partition coefficient (Wildman–Crippen LogP) is 5.13. The molecule has 0 saturated carbocycles. The number of rotatable bonds is 9. The average molecular weight is 487 g/mol. The number of carbonyl (C=O) groups is 1. The molecule has 0 unspecified atom stereocenters. The van der Waals surface area contributed by atoms with Crippen LogP contribution in [0.2, 0.25) is 5.02 Å². The number of sulfonamides is 1. The molecule has 33 heavy (non-hydrogen) atoms. The molecule has 0 radical (unpaired) electrons. The van der Waals surface area contributed by atoms with Crippen LogP contribution < -0.4 is 14.8 Å². The topological polar surface area (TPSA) is 84.5 Å². The summed E-state index contributed by atoms with van der Waals surface area (Å²) >= 11 is 6.17. The van der Waals surface area contributed by atoms with E-state index >= 15 is 0 Å². The lowest BCUT2D eigenvalue weighted by atomic mass is 10.1. The second-order valence-corrected chi connectivity index (χ2v) is 9.73. The third-order valence-electron chi connectivity index (χ3n) is 5.11. The minimum absolute atomic E-state index is 0.0308. The highest BCUT2D eigenvalue weighted by Gasteiger charge is 2.21. The highest BCUT2D eigenvalue weighted by atomic mass is 35.5. The van der Waals surface area contributed by atoms with Crippen LogP contribution in [-0.4, -0.2) is 27.5 Å². The molecule has 0 bridgehead atoms. The van der Waals surface area contributed by atoms with Gasteiger partial charge in [-0.1, -0.05) is 42.8 Å². The Labute approximate surface area is 200 Å². The molecular formula is C25H27ClN2O4S. The van der Waals surface area contributed by atoms with Crippen LogP contribution >= 0.6 is 11.6 Å². The molecule has 0 atom stereocenters. The number of nitrogens with one attached hydrogen (secondary N) is 2. The van der Waals surface area contributed by atoms with E-state index in [4.69, 9.17) is 16.3 Å². The van der Waals surface area contributed by atoms with E-state index in [1.807, 2.05) is 50.2 Å². The fraction of sp³-hybridized carbons (Fsp3) is 0.240. The van der Waals surface area contributed by atoms with Gasteiger partial charge in [0, 0.05) is 5.56 Å². The van der Waals surface area contributed by atoms with Gasteiger partial charge in [0.25, 0.3) is 15.9 Å². The van der Waals surface area contributed by atoms with Crippen LogP contribution in [0.25, 0.3) is 0 Å². The van der Waals surface area contributed by atoms with Crippen molar-refractivity contribution in [3.63, 3.8) is 0 Å². The summed E-state index contributed by atoms with van der Waals surface area (Å²) in [5.41, 5.74) is 3.56. The van der Waals surface area contributed by atoms with E-state index in [0.717, 1.165) is 23.3 Å². The third-order valence-corrected chi connectivity index (χ3v) is 6.96. The lowest BCUT2D eigenvalue weighted by Gasteiger charge is -2.13. The van der Waals surface area contributed by atoms with Gasteiger partial charge < -0.3 is 10.1 Å². The van der Waals surface area contributed by atoms with Crippen LogP contribution in [0.1, 0.15) is 34.0 Å². The monoisotopic (exact) mass is 486 g/mol. The molecule has 0 aliphatic carbocycles. The van der Waals surface area contributed by atoms with Crippen molar-refractivity contribution in [2.45, 2.75) is 32.1 Å². The molecule has 0 aliphatic rings. The predicted molar refractivity (Wildman–Crippen MR) is 132 cm³/mol. The summed E-state index contributed by atoms with van der Waals surface area (Å²) in [5, 5.41) is 2.76. The molecule has 3 aromatic rings. The maximum Gasteiger partial charge on any atom is 0.263 e. The fourth-order valence-electron chi connectivity index (χ4n) is 3.15. The lowest BCUT2D eigenvalue weighted by Crippen LogP contribution is -2.28. The average Bonchev–Trinajstić information content (AvgIpc) is 2.79. The Balaban J connectivity index is 1.65. The summed E-state index contributed by atoms with van der Waals surface area (Å²) in [4.78, 5) is 12.4. The minimum atomic E-state index is -3.99. The summed E-state index contributed by atoms with van der Waals surface area (Å²) in [6.45, 7) is 6.31. The summed E-state index contributed by atoms with van der Waals surface area (Å²) in [7, 11) is -3.99. The number of benzene rings is 3. The molecule has 0 aliphatic heterocycles. The first-order valence-electron chi connectivity index (χ1n) is 10.6. The summed E-state index contributed by atoms with van der Waals surface area (Å²) in [5.74, 6) is 0.304. The zero-order valence-electron chi connectivity index (χ0n) is 18.8. The molecule has 0 fully saturated rings. The highest BCUT2D eigenvalue weighted by molar-refractivity contribution is 7.92. The number of amides is 1. The molecule has 0 aromatic heterocycles. The molecule has 3 rings (SSSR count). The molecule has 8 heteroatoms. The molecule has 0 saturated heterocycles. The van der Waals surface area contributed by atoms with Crippen molar-refractivity contribution in [2.75, 3.05) is 17.9 Å². The Morgan fingerprint density at radius 2 is 1.73 bits per heavy atom. The highest BCUT2D eigenvalue weighted by Crippen LogP contribution is 2.27. The van der Waals surface area contributed by atoms with Gasteiger partial charge in [-0.15, -0.1) is 0 Å². The Morgan fingerprint density at radius 3 is 2.42 bits per heavy atom. The van der Waals surface area contributed by atoms with Crippen LogP contribution in [0.4, 0.5) is 5.69 Å². The summed E-state index contributed by atoms with van der Waals surface area (Å²) in [6.07, 6.45) is 0.954. The number of hydrogen-bond acceptors (Lipinski definition) is 4. The van der Waals surface area contributed by atoms with Crippen molar-refractivity contribution < 1.29 is 17.9 Å². The molecule has 6 nitrogen and oxygen atoms in total. The van der Waals surface area contributed by atoms with E-state index in [9.17, 15) is 13.2 Å². The Kier molecular flexibility index (Phi) is 8.00. The normalized spacial score (nSPS) is 11.2. The van der Waals surface area contributed by atoms with E-state index in [2.05, 4.69) is 17.0 Å². The second-order valence-electron chi connectivity index (χ2n) is 7.67. The van der Waals surface area contributed by atoms with Crippen molar-refractivity contribution >= 4 is 33.2 Å². The number of carbonyl (C=O) groups excluding carboxylic acids is 1. The first-order valence-corrected chi connectivity index (χ1v) is 12.5. The first kappa shape index (κ1) is 24.6. The number of hydrogen-bond donors (Lipinski definition) is 2. The molecule has 174 valence electrons. The summed E-state index contributed by atoms with van der Waals surface area (Å²) in [6, 6.07) is 17.4. The second kappa shape index (κ2) is 10.7. The van der Waals surface area contributed by atoms with Gasteiger partial charge in [0.15, 0.2) is 0 Å². The van der Waals surface area contributed by atoms with Gasteiger partial charge in [-0.05, 0) is 73.4 Å². The van der Waals surface area contributed by atoms with Crippen molar-refractivity contribution in [1.82, 2.24) is 5.32 Å². The lowest BCUT2D eigenvalue weighted by molar-refractivity contribution is 0.0947. The standard InChI is InChI=1S/C25H27ClN2O4S/c1-4-19-7-10-21(11-8-19)32-14-13-27-25(29)20-9-12-22(26)24(16-20)33(30,31)28-23-15-17(2)5-6-18(23)3/h5-12,15-16,28H,4,13-14H2,1-3H3,(H,27,29). The van der Waals surface area contributed by atoms with E-state index in [-0.39, 0.29) is 28.6 Å².